The molecule has 1 heterocycles. The Morgan fingerprint density at radius 3 is 2.26 bits per heavy atom. The van der Waals surface area contributed by atoms with E-state index in [0.29, 0.717) is 11.6 Å². The highest BCUT2D eigenvalue weighted by molar-refractivity contribution is 5.81. The molecule has 0 amide bonds. The summed E-state index contributed by atoms with van der Waals surface area (Å²) in [5.41, 5.74) is 4.91. The molecule has 0 fully saturated rings. The molecule has 3 heteroatoms. The number of nitrogens with zero attached hydrogens (tertiary/aromatic N) is 1. The van der Waals surface area contributed by atoms with E-state index in [1.54, 1.807) is 19.2 Å². The van der Waals surface area contributed by atoms with Crippen molar-refractivity contribution in [2.75, 3.05) is 0 Å². The predicted molar refractivity (Wildman–Crippen MR) is 114 cm³/mol. The van der Waals surface area contributed by atoms with E-state index in [1.807, 2.05) is 26.0 Å². The van der Waals surface area contributed by atoms with Gasteiger partial charge in [0.2, 0.25) is 5.88 Å². The number of rotatable bonds is 6. The quantitative estimate of drug-likeness (QED) is 0.495. The maximum Gasteiger partial charge on any atom is 0.221 e. The van der Waals surface area contributed by atoms with Crippen LogP contribution in [0.4, 0.5) is 4.39 Å². The molecular weight excluding hydrogens is 337 g/mol. The molecule has 27 heavy (non-hydrogen) atoms. The van der Waals surface area contributed by atoms with E-state index in [1.165, 1.54) is 18.9 Å². The Bertz CT molecular complexity index is 791. The van der Waals surface area contributed by atoms with Crippen LogP contribution in [0, 0.1) is 19.7 Å². The highest BCUT2D eigenvalue weighted by Crippen LogP contribution is 2.29. The maximum absolute atomic E-state index is 13.4. The molecule has 0 unspecified atom stereocenters. The molecule has 0 saturated heterocycles. The van der Waals surface area contributed by atoms with E-state index in [-0.39, 0.29) is 5.82 Å². The summed E-state index contributed by atoms with van der Waals surface area (Å²) >= 11 is 0. The number of aromatic nitrogens is 1. The highest BCUT2D eigenvalue weighted by atomic mass is 19.1. The molecule has 0 radical (unpaired) electrons. The summed E-state index contributed by atoms with van der Waals surface area (Å²) in [6.07, 6.45) is 7.45. The predicted octanol–water partition coefficient (Wildman–Crippen LogP) is 7.40. The van der Waals surface area contributed by atoms with E-state index >= 15 is 0 Å². The average molecular weight is 370 g/mol. The minimum atomic E-state index is -0.221. The summed E-state index contributed by atoms with van der Waals surface area (Å²) < 4.78 is 18.9. The summed E-state index contributed by atoms with van der Waals surface area (Å²) in [5.74, 6) is 0.946. The van der Waals surface area contributed by atoms with Gasteiger partial charge in [0, 0.05) is 17.3 Å². The van der Waals surface area contributed by atoms with Gasteiger partial charge in [0.05, 0.1) is 5.76 Å². The van der Waals surface area contributed by atoms with Crippen LogP contribution in [0.25, 0.3) is 5.57 Å². The van der Waals surface area contributed by atoms with Gasteiger partial charge in [-0.05, 0) is 62.1 Å². The minimum absolute atomic E-state index is 0.221. The molecule has 0 bridgehead atoms. The lowest BCUT2D eigenvalue weighted by molar-refractivity contribution is 0.410. The normalized spacial score (nSPS) is 10.9. The van der Waals surface area contributed by atoms with Gasteiger partial charge in [0.1, 0.15) is 5.82 Å². The van der Waals surface area contributed by atoms with Gasteiger partial charge in [-0.15, -0.1) is 0 Å². The van der Waals surface area contributed by atoms with Crippen molar-refractivity contribution >= 4 is 5.57 Å². The number of aryl methyl sites for hydroxylation is 2. The maximum atomic E-state index is 13.4. The van der Waals surface area contributed by atoms with Crippen molar-refractivity contribution in [2.24, 2.45) is 0 Å². The third-order valence-corrected chi connectivity index (χ3v) is 4.00. The number of ether oxygens (including phenoxy) is 1. The van der Waals surface area contributed by atoms with Crippen molar-refractivity contribution in [1.29, 1.82) is 0 Å². The number of unbranched alkanes of at least 4 members (excludes halogenated alkanes) is 1. The van der Waals surface area contributed by atoms with Gasteiger partial charge in [-0.1, -0.05) is 52.3 Å². The van der Waals surface area contributed by atoms with Gasteiger partial charge in [-0.2, -0.15) is 0 Å². The minimum Gasteiger partial charge on any atom is -0.444 e. The Balaban J connectivity index is 0.000000828. The third-order valence-electron chi connectivity index (χ3n) is 4.00. The summed E-state index contributed by atoms with van der Waals surface area (Å²) in [6.45, 7) is 15.8. The SMILES string of the molecule is C=C(C)Oc1ncc(/C(=C/CC)c2ccc(F)cc2C)cc1C.CCCC. The second kappa shape index (κ2) is 11.3. The Morgan fingerprint density at radius 1 is 1.11 bits per heavy atom. The van der Waals surface area contributed by atoms with Crippen molar-refractivity contribution in [1.82, 2.24) is 4.98 Å². The van der Waals surface area contributed by atoms with Crippen molar-refractivity contribution in [3.05, 3.63) is 76.9 Å². The first-order valence-corrected chi connectivity index (χ1v) is 9.60. The Morgan fingerprint density at radius 2 is 1.78 bits per heavy atom. The first kappa shape index (κ1) is 22.6. The van der Waals surface area contributed by atoms with Crippen LogP contribution < -0.4 is 4.74 Å². The second-order valence-corrected chi connectivity index (χ2v) is 6.64. The number of hydrogen-bond acceptors (Lipinski definition) is 2. The number of hydrogen-bond donors (Lipinski definition) is 0. The molecule has 146 valence electrons. The lowest BCUT2D eigenvalue weighted by Gasteiger charge is -2.14. The molecular formula is C24H32FNO. The van der Waals surface area contributed by atoms with E-state index in [9.17, 15) is 4.39 Å². The molecule has 0 aliphatic heterocycles. The molecule has 1 aromatic heterocycles. The fourth-order valence-corrected chi connectivity index (χ4v) is 2.50. The first-order valence-electron chi connectivity index (χ1n) is 9.60. The molecule has 0 saturated carbocycles. The highest BCUT2D eigenvalue weighted by Gasteiger charge is 2.11. The van der Waals surface area contributed by atoms with E-state index in [2.05, 4.69) is 38.4 Å². The van der Waals surface area contributed by atoms with Gasteiger partial charge < -0.3 is 4.74 Å². The van der Waals surface area contributed by atoms with E-state index in [0.717, 1.165) is 34.2 Å². The second-order valence-electron chi connectivity index (χ2n) is 6.64. The fourth-order valence-electron chi connectivity index (χ4n) is 2.50. The van der Waals surface area contributed by atoms with Crippen LogP contribution in [-0.2, 0) is 0 Å². The van der Waals surface area contributed by atoms with Crippen LogP contribution in [0.3, 0.4) is 0 Å². The molecule has 0 atom stereocenters. The molecule has 0 spiro atoms. The summed E-state index contributed by atoms with van der Waals surface area (Å²) in [4.78, 5) is 4.40. The molecule has 2 rings (SSSR count). The van der Waals surface area contributed by atoms with Crippen LogP contribution in [0.1, 0.15) is 69.2 Å². The molecule has 1 aromatic carbocycles. The number of benzene rings is 1. The van der Waals surface area contributed by atoms with Crippen LogP contribution >= 0.6 is 0 Å². The van der Waals surface area contributed by atoms with E-state index in [4.69, 9.17) is 4.74 Å². The number of halogens is 1. The van der Waals surface area contributed by atoms with Crippen molar-refractivity contribution < 1.29 is 9.13 Å². The zero-order valence-electron chi connectivity index (χ0n) is 17.5. The smallest absolute Gasteiger partial charge is 0.221 e. The summed E-state index contributed by atoms with van der Waals surface area (Å²) in [7, 11) is 0. The average Bonchev–Trinajstić information content (AvgIpc) is 2.62. The molecule has 0 aliphatic carbocycles. The van der Waals surface area contributed by atoms with Crippen LogP contribution in [0.5, 0.6) is 5.88 Å². The Hall–Kier alpha value is -2.42. The largest absolute Gasteiger partial charge is 0.444 e. The van der Waals surface area contributed by atoms with Gasteiger partial charge >= 0.3 is 0 Å². The monoisotopic (exact) mass is 369 g/mol. The van der Waals surface area contributed by atoms with Gasteiger partial charge in [-0.25, -0.2) is 9.37 Å². The van der Waals surface area contributed by atoms with Crippen LogP contribution in [0.2, 0.25) is 0 Å². The van der Waals surface area contributed by atoms with Crippen molar-refractivity contribution in [3.63, 3.8) is 0 Å². The van der Waals surface area contributed by atoms with Gasteiger partial charge in [0.15, 0.2) is 0 Å². The van der Waals surface area contributed by atoms with Crippen LogP contribution in [0.15, 0.2) is 48.9 Å². The fraction of sp³-hybridized carbons (Fsp3) is 0.375. The first-order chi connectivity index (χ1) is 12.8. The Labute approximate surface area is 163 Å². The zero-order valence-corrected chi connectivity index (χ0v) is 17.5. The lowest BCUT2D eigenvalue weighted by atomic mass is 9.94. The molecule has 2 nitrogen and oxygen atoms in total. The standard InChI is InChI=1S/C20H22FNO.C4H10/c1-6-7-19(18-9-8-17(21)11-14(18)4)16-10-15(5)20(22-12-16)23-13(2)3;1-3-4-2/h7-12H,2,6H2,1,3-5H3;3-4H2,1-2H3/b19-7-;. The molecule has 0 N–H and O–H groups in total. The van der Waals surface area contributed by atoms with Gasteiger partial charge in [-0.3, -0.25) is 0 Å². The van der Waals surface area contributed by atoms with Crippen molar-refractivity contribution in [2.45, 2.75) is 60.8 Å². The van der Waals surface area contributed by atoms with Crippen molar-refractivity contribution in [3.8, 4) is 5.88 Å². The zero-order chi connectivity index (χ0) is 20.4. The molecule has 0 aliphatic rings. The summed E-state index contributed by atoms with van der Waals surface area (Å²) in [5, 5.41) is 0. The number of pyridine rings is 1. The molecule has 2 aromatic rings. The topological polar surface area (TPSA) is 22.1 Å². The van der Waals surface area contributed by atoms with Crippen LogP contribution in [-0.4, -0.2) is 4.98 Å². The summed E-state index contributed by atoms with van der Waals surface area (Å²) in [6, 6.07) is 6.90. The lowest BCUT2D eigenvalue weighted by Crippen LogP contribution is -1.98. The third kappa shape index (κ3) is 7.01. The van der Waals surface area contributed by atoms with E-state index < -0.39 is 0 Å². The number of allylic oxidation sites excluding steroid dienone is 2. The van der Waals surface area contributed by atoms with Gasteiger partial charge in [0.25, 0.3) is 0 Å². The Kier molecular flexibility index (Phi) is 9.49.